The first-order chi connectivity index (χ1) is 18.3. The van der Waals surface area contributed by atoms with E-state index in [0.29, 0.717) is 17.9 Å². The second-order valence-corrected chi connectivity index (χ2v) is 10.9. The Hall–Kier alpha value is -2.85. The van der Waals surface area contributed by atoms with Crippen LogP contribution in [0.15, 0.2) is 42.5 Å². The number of hydrogen-bond acceptors (Lipinski definition) is 5. The van der Waals surface area contributed by atoms with Crippen molar-refractivity contribution in [3.63, 3.8) is 0 Å². The SMILES string of the molecule is C[C@H](CCN(C)C(=O)[C@](O)(c1ccccc1)C(F)(F)F)CC1CCN(c2ccc(C(=O)N(C)C)c(Cl)n2)CC1. The molecule has 2 heterocycles. The molecule has 11 heteroatoms. The predicted octanol–water partition coefficient (Wildman–Crippen LogP) is 4.98. The van der Waals surface area contributed by atoms with Gasteiger partial charge >= 0.3 is 6.18 Å². The van der Waals surface area contributed by atoms with Gasteiger partial charge in [-0.2, -0.15) is 13.2 Å². The van der Waals surface area contributed by atoms with E-state index in [0.717, 1.165) is 55.2 Å². The number of carbonyl (C=O) groups excluding carboxylic acids is 2. The molecular weight excluding hydrogens is 533 g/mol. The zero-order valence-corrected chi connectivity index (χ0v) is 23.5. The maximum Gasteiger partial charge on any atom is 0.430 e. The van der Waals surface area contributed by atoms with Crippen LogP contribution >= 0.6 is 11.6 Å². The molecule has 1 saturated heterocycles. The van der Waals surface area contributed by atoms with Gasteiger partial charge < -0.3 is 19.8 Å². The highest BCUT2D eigenvalue weighted by Gasteiger charge is 2.61. The minimum absolute atomic E-state index is 0.102. The fourth-order valence-electron chi connectivity index (χ4n) is 4.97. The Bertz CT molecular complexity index is 1140. The summed E-state index contributed by atoms with van der Waals surface area (Å²) in [6, 6.07) is 9.95. The van der Waals surface area contributed by atoms with E-state index in [-0.39, 0.29) is 23.5 Å². The first kappa shape index (κ1) is 30.7. The van der Waals surface area contributed by atoms with Gasteiger partial charge in [-0.1, -0.05) is 48.9 Å². The quantitative estimate of drug-likeness (QED) is 0.432. The molecule has 0 bridgehead atoms. The second-order valence-electron chi connectivity index (χ2n) is 10.6. The lowest BCUT2D eigenvalue weighted by Crippen LogP contribution is -2.55. The van der Waals surface area contributed by atoms with E-state index in [1.54, 1.807) is 26.2 Å². The molecule has 1 N–H and O–H groups in total. The zero-order valence-electron chi connectivity index (χ0n) is 22.7. The number of rotatable bonds is 9. The lowest BCUT2D eigenvalue weighted by molar-refractivity contribution is -0.261. The van der Waals surface area contributed by atoms with E-state index in [9.17, 15) is 27.9 Å². The summed E-state index contributed by atoms with van der Waals surface area (Å²) in [7, 11) is 4.60. The Morgan fingerprint density at radius 1 is 1.10 bits per heavy atom. The Balaban J connectivity index is 1.51. The highest BCUT2D eigenvalue weighted by Crippen LogP contribution is 2.40. The van der Waals surface area contributed by atoms with Gasteiger partial charge in [-0.05, 0) is 49.7 Å². The molecule has 1 aromatic heterocycles. The summed E-state index contributed by atoms with van der Waals surface area (Å²) >= 11 is 6.26. The van der Waals surface area contributed by atoms with Gasteiger partial charge in [0.05, 0.1) is 5.56 Å². The Labute approximate surface area is 232 Å². The molecule has 0 radical (unpaired) electrons. The first-order valence-corrected chi connectivity index (χ1v) is 13.4. The van der Waals surface area contributed by atoms with Crippen molar-refractivity contribution in [1.82, 2.24) is 14.8 Å². The van der Waals surface area contributed by atoms with E-state index in [4.69, 9.17) is 11.6 Å². The summed E-state index contributed by atoms with van der Waals surface area (Å²) < 4.78 is 41.5. The average molecular weight is 569 g/mol. The van der Waals surface area contributed by atoms with Crippen LogP contribution in [-0.4, -0.2) is 78.7 Å². The minimum Gasteiger partial charge on any atom is -0.369 e. The fraction of sp³-hybridized carbons (Fsp3) is 0.536. The topological polar surface area (TPSA) is 77.0 Å². The molecule has 2 atom stereocenters. The normalized spacial score (nSPS) is 16.9. The molecule has 0 spiro atoms. The van der Waals surface area contributed by atoms with Gasteiger partial charge in [0.2, 0.25) is 0 Å². The Morgan fingerprint density at radius 3 is 2.26 bits per heavy atom. The van der Waals surface area contributed by atoms with Crippen LogP contribution in [0.5, 0.6) is 0 Å². The van der Waals surface area contributed by atoms with E-state index in [1.165, 1.54) is 30.1 Å². The molecule has 39 heavy (non-hydrogen) atoms. The molecule has 7 nitrogen and oxygen atoms in total. The molecule has 3 rings (SSSR count). The average Bonchev–Trinajstić information content (AvgIpc) is 2.90. The van der Waals surface area contributed by atoms with Gasteiger partial charge in [-0.25, -0.2) is 4.98 Å². The summed E-state index contributed by atoms with van der Waals surface area (Å²) in [6.45, 7) is 3.68. The van der Waals surface area contributed by atoms with Crippen molar-refractivity contribution in [1.29, 1.82) is 0 Å². The van der Waals surface area contributed by atoms with Crippen LogP contribution in [0.4, 0.5) is 19.0 Å². The van der Waals surface area contributed by atoms with Crippen molar-refractivity contribution in [2.75, 3.05) is 45.7 Å². The maximum absolute atomic E-state index is 13.8. The molecule has 214 valence electrons. The van der Waals surface area contributed by atoms with Crippen molar-refractivity contribution >= 4 is 29.2 Å². The van der Waals surface area contributed by atoms with Crippen LogP contribution in [0, 0.1) is 11.8 Å². The van der Waals surface area contributed by atoms with E-state index >= 15 is 0 Å². The number of benzene rings is 1. The number of likely N-dealkylation sites (N-methyl/N-ethyl adjacent to an activating group) is 1. The monoisotopic (exact) mass is 568 g/mol. The van der Waals surface area contributed by atoms with Gasteiger partial charge in [0.1, 0.15) is 11.0 Å². The summed E-state index contributed by atoms with van der Waals surface area (Å²) in [4.78, 5) is 34.0. The summed E-state index contributed by atoms with van der Waals surface area (Å²) in [5, 5.41) is 10.7. The van der Waals surface area contributed by atoms with Crippen molar-refractivity contribution in [2.45, 2.75) is 44.4 Å². The molecule has 1 fully saturated rings. The van der Waals surface area contributed by atoms with E-state index in [2.05, 4.69) is 9.88 Å². The van der Waals surface area contributed by atoms with Crippen molar-refractivity contribution in [2.24, 2.45) is 11.8 Å². The Morgan fingerprint density at radius 2 is 1.72 bits per heavy atom. The Kier molecular flexibility index (Phi) is 9.88. The van der Waals surface area contributed by atoms with E-state index in [1.807, 2.05) is 6.92 Å². The zero-order chi connectivity index (χ0) is 29.0. The lowest BCUT2D eigenvalue weighted by Gasteiger charge is -2.35. The van der Waals surface area contributed by atoms with Gasteiger partial charge in [0.25, 0.3) is 17.4 Å². The summed E-state index contributed by atoms with van der Waals surface area (Å²) in [6.07, 6.45) is -1.93. The van der Waals surface area contributed by atoms with Crippen molar-refractivity contribution < 1.29 is 27.9 Å². The second kappa shape index (κ2) is 12.6. The van der Waals surface area contributed by atoms with Crippen molar-refractivity contribution in [3.8, 4) is 0 Å². The third kappa shape index (κ3) is 7.03. The number of nitrogens with zero attached hydrogens (tertiary/aromatic N) is 4. The number of halogens is 4. The third-order valence-corrected chi connectivity index (χ3v) is 7.65. The number of amides is 2. The number of aromatic nitrogens is 1. The highest BCUT2D eigenvalue weighted by molar-refractivity contribution is 6.32. The van der Waals surface area contributed by atoms with Gasteiger partial charge in [0.15, 0.2) is 0 Å². The van der Waals surface area contributed by atoms with Crippen LogP contribution in [0.2, 0.25) is 5.15 Å². The molecule has 1 aromatic carbocycles. The van der Waals surface area contributed by atoms with Crippen LogP contribution in [0.25, 0.3) is 0 Å². The number of piperidine rings is 1. The first-order valence-electron chi connectivity index (χ1n) is 13.0. The number of hydrogen-bond donors (Lipinski definition) is 1. The largest absolute Gasteiger partial charge is 0.430 e. The molecule has 2 aromatic rings. The highest BCUT2D eigenvalue weighted by atomic mass is 35.5. The molecule has 1 aliphatic rings. The van der Waals surface area contributed by atoms with Gasteiger partial charge in [-0.15, -0.1) is 0 Å². The van der Waals surface area contributed by atoms with Crippen molar-refractivity contribution in [3.05, 3.63) is 58.7 Å². The molecule has 2 amide bonds. The molecule has 0 unspecified atom stereocenters. The fourth-order valence-corrected chi connectivity index (χ4v) is 5.20. The van der Waals surface area contributed by atoms with Gasteiger partial charge in [-0.3, -0.25) is 9.59 Å². The summed E-state index contributed by atoms with van der Waals surface area (Å²) in [5.41, 5.74) is -3.73. The number of aliphatic hydroxyl groups is 1. The standard InChI is InChI=1S/C28H36ClF3N4O3/c1-19(12-15-35(4)26(38)27(39,28(30,31)32)21-8-6-5-7-9-21)18-20-13-16-36(17-14-20)23-11-10-22(24(29)33-23)25(37)34(2)3/h5-11,19-20,39H,12-18H2,1-4H3/t19-,27-/m1/s1. The van der Waals surface area contributed by atoms with Gasteiger partial charge in [0, 0.05) is 46.3 Å². The van der Waals surface area contributed by atoms with Crippen LogP contribution in [0.3, 0.4) is 0 Å². The predicted molar refractivity (Wildman–Crippen MR) is 145 cm³/mol. The minimum atomic E-state index is -5.15. The van der Waals surface area contributed by atoms with Crippen LogP contribution in [0.1, 0.15) is 48.5 Å². The lowest BCUT2D eigenvalue weighted by atomic mass is 9.86. The molecule has 0 aliphatic carbocycles. The smallest absolute Gasteiger partial charge is 0.369 e. The number of anilines is 1. The molecule has 1 aliphatic heterocycles. The summed E-state index contributed by atoms with van der Waals surface area (Å²) in [5.74, 6) is -0.263. The number of carbonyl (C=O) groups is 2. The van der Waals surface area contributed by atoms with Crippen LogP contribution < -0.4 is 4.90 Å². The van der Waals surface area contributed by atoms with E-state index < -0.39 is 23.2 Å². The molecule has 0 saturated carbocycles. The molecular formula is C28H36ClF3N4O3. The third-order valence-electron chi connectivity index (χ3n) is 7.36. The maximum atomic E-state index is 13.8. The number of alkyl halides is 3. The van der Waals surface area contributed by atoms with Crippen LogP contribution in [-0.2, 0) is 10.4 Å². The number of pyridine rings is 1.